The van der Waals surface area contributed by atoms with Crippen molar-refractivity contribution in [2.45, 2.75) is 6.92 Å². The predicted octanol–water partition coefficient (Wildman–Crippen LogP) is 3.77. The zero-order chi connectivity index (χ0) is 12.6. The maximum Gasteiger partial charge on any atom is 0.205 e. The van der Waals surface area contributed by atoms with Crippen molar-refractivity contribution in [3.05, 3.63) is 49.9 Å². The Morgan fingerprint density at radius 3 is 2.65 bits per heavy atom. The summed E-state index contributed by atoms with van der Waals surface area (Å²) in [7, 11) is 0. The summed E-state index contributed by atoms with van der Waals surface area (Å²) in [5.74, 6) is -0.621. The van der Waals surface area contributed by atoms with Crippen LogP contribution in [-0.2, 0) is 0 Å². The highest BCUT2D eigenvalue weighted by Crippen LogP contribution is 2.29. The Kier molecular flexibility index (Phi) is 3.31. The van der Waals surface area contributed by atoms with E-state index in [0.717, 1.165) is 15.4 Å². The van der Waals surface area contributed by atoms with Gasteiger partial charge in [0.25, 0.3) is 0 Å². The second-order valence-electron chi connectivity index (χ2n) is 3.58. The standard InChI is InChI=1S/C12H9BrFNOS/c1-6-9(13)5-11(17-6)12(16)8-3-2-7(14)4-10(8)15/h2-5H,15H2,1H3. The molecule has 0 saturated heterocycles. The summed E-state index contributed by atoms with van der Waals surface area (Å²) >= 11 is 4.74. The van der Waals surface area contributed by atoms with Crippen molar-refractivity contribution in [2.75, 3.05) is 5.73 Å². The minimum absolute atomic E-state index is 0.164. The molecule has 0 saturated carbocycles. The van der Waals surface area contributed by atoms with Crippen LogP contribution in [0.25, 0.3) is 0 Å². The minimum atomic E-state index is -0.442. The van der Waals surface area contributed by atoms with Crippen LogP contribution in [0.2, 0.25) is 0 Å². The van der Waals surface area contributed by atoms with Gasteiger partial charge >= 0.3 is 0 Å². The van der Waals surface area contributed by atoms with E-state index in [2.05, 4.69) is 15.9 Å². The molecule has 2 N–H and O–H groups in total. The van der Waals surface area contributed by atoms with Crippen molar-refractivity contribution < 1.29 is 9.18 Å². The highest BCUT2D eigenvalue weighted by atomic mass is 79.9. The van der Waals surface area contributed by atoms with Gasteiger partial charge in [0.15, 0.2) is 0 Å². The number of hydrogen-bond acceptors (Lipinski definition) is 3. The van der Waals surface area contributed by atoms with Crippen molar-refractivity contribution >= 4 is 38.7 Å². The molecule has 1 heterocycles. The van der Waals surface area contributed by atoms with Gasteiger partial charge in [-0.15, -0.1) is 11.3 Å². The third kappa shape index (κ3) is 2.40. The lowest BCUT2D eigenvalue weighted by Gasteiger charge is -2.02. The lowest BCUT2D eigenvalue weighted by Crippen LogP contribution is -2.03. The van der Waals surface area contributed by atoms with E-state index in [4.69, 9.17) is 5.73 Å². The molecule has 2 rings (SSSR count). The summed E-state index contributed by atoms with van der Waals surface area (Å²) in [4.78, 5) is 13.7. The van der Waals surface area contributed by atoms with Crippen molar-refractivity contribution in [1.82, 2.24) is 0 Å². The van der Waals surface area contributed by atoms with Gasteiger partial charge in [-0.2, -0.15) is 0 Å². The number of halogens is 2. The average Bonchev–Trinajstić information content (AvgIpc) is 2.58. The lowest BCUT2D eigenvalue weighted by atomic mass is 10.1. The lowest BCUT2D eigenvalue weighted by molar-refractivity contribution is 0.104. The van der Waals surface area contributed by atoms with Crippen LogP contribution in [0.3, 0.4) is 0 Å². The first-order chi connectivity index (χ1) is 7.99. The van der Waals surface area contributed by atoms with Crippen LogP contribution in [0.1, 0.15) is 20.1 Å². The van der Waals surface area contributed by atoms with Gasteiger partial charge in [-0.3, -0.25) is 4.79 Å². The van der Waals surface area contributed by atoms with Gasteiger partial charge < -0.3 is 5.73 Å². The molecule has 0 aliphatic carbocycles. The normalized spacial score (nSPS) is 10.5. The number of hydrogen-bond donors (Lipinski definition) is 1. The number of carbonyl (C=O) groups is 1. The Morgan fingerprint density at radius 1 is 1.41 bits per heavy atom. The Hall–Kier alpha value is -1.20. The van der Waals surface area contributed by atoms with E-state index in [1.54, 1.807) is 6.07 Å². The van der Waals surface area contributed by atoms with E-state index in [1.165, 1.54) is 23.5 Å². The molecular formula is C12H9BrFNOS. The smallest absolute Gasteiger partial charge is 0.205 e. The van der Waals surface area contributed by atoms with Crippen molar-refractivity contribution in [3.63, 3.8) is 0 Å². The summed E-state index contributed by atoms with van der Waals surface area (Å²) in [6.45, 7) is 1.92. The molecule has 1 aromatic carbocycles. The number of carbonyl (C=O) groups excluding carboxylic acids is 1. The van der Waals surface area contributed by atoms with Crippen LogP contribution >= 0.6 is 27.3 Å². The van der Waals surface area contributed by atoms with Crippen LogP contribution in [0.5, 0.6) is 0 Å². The predicted molar refractivity (Wildman–Crippen MR) is 71.0 cm³/mol. The largest absolute Gasteiger partial charge is 0.398 e. The van der Waals surface area contributed by atoms with Crippen molar-refractivity contribution in [1.29, 1.82) is 0 Å². The number of ketones is 1. The first-order valence-corrected chi connectivity index (χ1v) is 6.45. The van der Waals surface area contributed by atoms with Gasteiger partial charge in [-0.25, -0.2) is 4.39 Å². The molecule has 88 valence electrons. The van der Waals surface area contributed by atoms with Gasteiger partial charge in [0.1, 0.15) is 5.82 Å². The Labute approximate surface area is 110 Å². The Morgan fingerprint density at radius 2 is 2.12 bits per heavy atom. The molecular weight excluding hydrogens is 305 g/mol. The molecule has 0 aliphatic heterocycles. The molecule has 0 amide bonds. The third-order valence-electron chi connectivity index (χ3n) is 2.34. The van der Waals surface area contributed by atoms with Crippen LogP contribution in [0.15, 0.2) is 28.7 Å². The monoisotopic (exact) mass is 313 g/mol. The summed E-state index contributed by atoms with van der Waals surface area (Å²) < 4.78 is 13.8. The van der Waals surface area contributed by atoms with Gasteiger partial charge in [0.05, 0.1) is 4.88 Å². The molecule has 0 fully saturated rings. The number of benzene rings is 1. The number of thiophene rings is 1. The molecule has 17 heavy (non-hydrogen) atoms. The second kappa shape index (κ2) is 4.58. The molecule has 0 unspecified atom stereocenters. The van der Waals surface area contributed by atoms with Crippen LogP contribution < -0.4 is 5.73 Å². The number of rotatable bonds is 2. The highest BCUT2D eigenvalue weighted by Gasteiger charge is 2.16. The SMILES string of the molecule is Cc1sc(C(=O)c2ccc(F)cc2N)cc1Br. The maximum absolute atomic E-state index is 12.9. The molecule has 0 bridgehead atoms. The zero-order valence-electron chi connectivity index (χ0n) is 8.96. The molecule has 0 spiro atoms. The molecule has 0 radical (unpaired) electrons. The number of nitrogens with two attached hydrogens (primary N) is 1. The van der Waals surface area contributed by atoms with Gasteiger partial charge in [0.2, 0.25) is 5.78 Å². The first kappa shape index (κ1) is 12.3. The Bertz CT molecular complexity index is 575. The van der Waals surface area contributed by atoms with Crippen LogP contribution in [-0.4, -0.2) is 5.78 Å². The fourth-order valence-electron chi connectivity index (χ4n) is 1.44. The fraction of sp³-hybridized carbons (Fsp3) is 0.0833. The third-order valence-corrected chi connectivity index (χ3v) is 4.47. The topological polar surface area (TPSA) is 43.1 Å². The van der Waals surface area contributed by atoms with Crippen molar-refractivity contribution in [3.8, 4) is 0 Å². The number of anilines is 1. The van der Waals surface area contributed by atoms with Crippen molar-refractivity contribution in [2.24, 2.45) is 0 Å². The van der Waals surface area contributed by atoms with E-state index in [-0.39, 0.29) is 11.5 Å². The summed E-state index contributed by atoms with van der Waals surface area (Å²) in [6, 6.07) is 5.56. The van der Waals surface area contributed by atoms with Gasteiger partial charge in [0, 0.05) is 20.6 Å². The highest BCUT2D eigenvalue weighted by molar-refractivity contribution is 9.10. The van der Waals surface area contributed by atoms with Gasteiger partial charge in [-0.05, 0) is 47.1 Å². The molecule has 2 nitrogen and oxygen atoms in total. The minimum Gasteiger partial charge on any atom is -0.398 e. The van der Waals surface area contributed by atoms with Crippen LogP contribution in [0.4, 0.5) is 10.1 Å². The van der Waals surface area contributed by atoms with E-state index in [0.29, 0.717) is 10.4 Å². The van der Waals surface area contributed by atoms with E-state index in [9.17, 15) is 9.18 Å². The molecule has 1 aromatic heterocycles. The van der Waals surface area contributed by atoms with E-state index < -0.39 is 5.82 Å². The van der Waals surface area contributed by atoms with Crippen LogP contribution in [0, 0.1) is 12.7 Å². The molecule has 5 heteroatoms. The number of nitrogen functional groups attached to an aromatic ring is 1. The summed E-state index contributed by atoms with van der Waals surface area (Å²) in [6.07, 6.45) is 0. The first-order valence-electron chi connectivity index (χ1n) is 4.84. The maximum atomic E-state index is 12.9. The summed E-state index contributed by atoms with van der Waals surface area (Å²) in [5, 5.41) is 0. The number of aryl methyl sites for hydroxylation is 1. The van der Waals surface area contributed by atoms with Gasteiger partial charge in [-0.1, -0.05) is 0 Å². The summed E-state index contributed by atoms with van der Waals surface area (Å²) in [5.41, 5.74) is 6.13. The second-order valence-corrected chi connectivity index (χ2v) is 5.69. The zero-order valence-corrected chi connectivity index (χ0v) is 11.4. The van der Waals surface area contributed by atoms with E-state index >= 15 is 0 Å². The molecule has 0 aliphatic rings. The molecule has 2 aromatic rings. The quantitative estimate of drug-likeness (QED) is 0.677. The fourth-order valence-corrected chi connectivity index (χ4v) is 2.93. The van der Waals surface area contributed by atoms with E-state index in [1.807, 2.05) is 6.92 Å². The molecule has 0 atom stereocenters. The average molecular weight is 314 g/mol. The Balaban J connectivity index is 2.43.